The molecule has 11 heteroatoms. The summed E-state index contributed by atoms with van der Waals surface area (Å²) in [4.78, 5) is 22.6. The first kappa shape index (κ1) is 18.3. The van der Waals surface area contributed by atoms with Gasteiger partial charge in [-0.2, -0.15) is 0 Å². The topological polar surface area (TPSA) is 99.8 Å². The molecule has 0 aromatic carbocycles. The van der Waals surface area contributed by atoms with Crippen LogP contribution >= 0.6 is 23.2 Å². The molecule has 3 rings (SSSR count). The molecule has 0 saturated carbocycles. The SMILES string of the molecule is O=[N+]([O-])N=C1N(Cc2ccc(Cl)nc2)CNCN1Cc1ccc(Cl)nc1. The molecule has 1 aliphatic heterocycles. The van der Waals surface area contributed by atoms with Gasteiger partial charge in [-0.05, 0) is 23.3 Å². The van der Waals surface area contributed by atoms with E-state index in [-0.39, 0.29) is 5.96 Å². The van der Waals surface area contributed by atoms with Crippen LogP contribution in [0.3, 0.4) is 0 Å². The molecule has 2 aromatic heterocycles. The average molecular weight is 396 g/mol. The molecule has 2 aromatic rings. The van der Waals surface area contributed by atoms with Crippen LogP contribution < -0.4 is 5.32 Å². The third-order valence-corrected chi connectivity index (χ3v) is 4.11. The van der Waals surface area contributed by atoms with Crippen LogP contribution in [0.1, 0.15) is 11.1 Å². The Labute approximate surface area is 159 Å². The highest BCUT2D eigenvalue weighted by atomic mass is 35.5. The standard InChI is InChI=1S/C15H15Cl2N7O2/c16-13-3-1-11(5-19-13)7-22-9-18-10-23(15(22)21-24(25)26)8-12-2-4-14(17)20-6-12/h1-6,18H,7-10H2. The van der Waals surface area contributed by atoms with E-state index in [0.29, 0.717) is 36.7 Å². The van der Waals surface area contributed by atoms with Crippen LogP contribution in [0, 0.1) is 10.1 Å². The van der Waals surface area contributed by atoms with E-state index in [1.165, 1.54) is 0 Å². The van der Waals surface area contributed by atoms with Gasteiger partial charge in [-0.15, -0.1) is 0 Å². The maximum absolute atomic E-state index is 11.0. The van der Waals surface area contributed by atoms with Gasteiger partial charge in [0.1, 0.15) is 15.4 Å². The molecule has 9 nitrogen and oxygen atoms in total. The summed E-state index contributed by atoms with van der Waals surface area (Å²) in [6.45, 7) is 1.65. The minimum atomic E-state index is -0.694. The lowest BCUT2D eigenvalue weighted by atomic mass is 10.2. The van der Waals surface area contributed by atoms with Crippen LogP contribution in [-0.4, -0.2) is 44.1 Å². The largest absolute Gasteiger partial charge is 0.320 e. The number of rotatable bonds is 5. The molecule has 0 spiro atoms. The minimum absolute atomic E-state index is 0.263. The van der Waals surface area contributed by atoms with Crippen molar-refractivity contribution < 1.29 is 5.03 Å². The molecule has 0 amide bonds. The van der Waals surface area contributed by atoms with Crippen molar-refractivity contribution in [2.75, 3.05) is 13.3 Å². The van der Waals surface area contributed by atoms with Crippen molar-refractivity contribution in [3.63, 3.8) is 0 Å². The summed E-state index contributed by atoms with van der Waals surface area (Å²) in [5, 5.41) is 17.9. The van der Waals surface area contributed by atoms with Gasteiger partial charge < -0.3 is 9.80 Å². The molecular weight excluding hydrogens is 381 g/mol. The van der Waals surface area contributed by atoms with Crippen LogP contribution in [-0.2, 0) is 13.1 Å². The predicted octanol–water partition coefficient (Wildman–Crippen LogP) is 2.15. The van der Waals surface area contributed by atoms with Gasteiger partial charge in [-0.25, -0.2) is 20.1 Å². The van der Waals surface area contributed by atoms with E-state index in [2.05, 4.69) is 20.4 Å². The van der Waals surface area contributed by atoms with Crippen LogP contribution in [0.5, 0.6) is 0 Å². The first-order valence-electron chi connectivity index (χ1n) is 7.66. The number of guanidine groups is 1. The van der Waals surface area contributed by atoms with Gasteiger partial charge in [-0.3, -0.25) is 5.32 Å². The molecule has 0 aliphatic carbocycles. The third kappa shape index (κ3) is 4.78. The zero-order valence-corrected chi connectivity index (χ0v) is 15.1. The highest BCUT2D eigenvalue weighted by Gasteiger charge is 2.27. The average Bonchev–Trinajstić information content (AvgIpc) is 2.61. The van der Waals surface area contributed by atoms with E-state index in [4.69, 9.17) is 23.2 Å². The van der Waals surface area contributed by atoms with Crippen molar-refractivity contribution in [2.45, 2.75) is 13.1 Å². The Bertz CT molecular complexity index is 741. The van der Waals surface area contributed by atoms with E-state index in [1.54, 1.807) is 34.3 Å². The minimum Gasteiger partial charge on any atom is -0.320 e. The summed E-state index contributed by atoms with van der Waals surface area (Å²) < 4.78 is 0. The molecule has 0 bridgehead atoms. The number of nitro groups is 1. The maximum atomic E-state index is 11.0. The normalized spacial score (nSPS) is 14.5. The van der Waals surface area contributed by atoms with E-state index in [0.717, 1.165) is 11.1 Å². The molecule has 26 heavy (non-hydrogen) atoms. The monoisotopic (exact) mass is 395 g/mol. The van der Waals surface area contributed by atoms with Crippen molar-refractivity contribution in [3.8, 4) is 0 Å². The van der Waals surface area contributed by atoms with Gasteiger partial charge in [0.05, 0.1) is 13.3 Å². The smallest absolute Gasteiger partial charge is 0.276 e. The number of nitrogens with zero attached hydrogens (tertiary/aromatic N) is 6. The Balaban J connectivity index is 1.81. The Morgan fingerprint density at radius 1 is 1.04 bits per heavy atom. The van der Waals surface area contributed by atoms with E-state index in [1.807, 2.05) is 12.1 Å². The van der Waals surface area contributed by atoms with Gasteiger partial charge in [0.25, 0.3) is 5.96 Å². The predicted molar refractivity (Wildman–Crippen MR) is 96.9 cm³/mol. The second-order valence-corrected chi connectivity index (χ2v) is 6.35. The second kappa shape index (κ2) is 8.26. The Kier molecular flexibility index (Phi) is 5.82. The van der Waals surface area contributed by atoms with Gasteiger partial charge >= 0.3 is 0 Å². The summed E-state index contributed by atoms with van der Waals surface area (Å²) in [5.74, 6) is 0.263. The summed E-state index contributed by atoms with van der Waals surface area (Å²) in [5.41, 5.74) is 1.73. The van der Waals surface area contributed by atoms with Crippen molar-refractivity contribution in [3.05, 3.63) is 68.2 Å². The highest BCUT2D eigenvalue weighted by Crippen LogP contribution is 2.15. The zero-order valence-electron chi connectivity index (χ0n) is 13.5. The van der Waals surface area contributed by atoms with E-state index in [9.17, 15) is 10.1 Å². The van der Waals surface area contributed by atoms with Crippen LogP contribution in [0.15, 0.2) is 41.8 Å². The lowest BCUT2D eigenvalue weighted by Gasteiger charge is -2.37. The quantitative estimate of drug-likeness (QED) is 0.470. The molecule has 136 valence electrons. The van der Waals surface area contributed by atoms with Gasteiger partial charge in [-0.1, -0.05) is 35.3 Å². The molecular formula is C15H15Cl2N7O2. The Morgan fingerprint density at radius 3 is 1.92 bits per heavy atom. The van der Waals surface area contributed by atoms with Crippen LogP contribution in [0.2, 0.25) is 10.3 Å². The number of aromatic nitrogens is 2. The first-order chi connectivity index (χ1) is 12.5. The van der Waals surface area contributed by atoms with Crippen LogP contribution in [0.25, 0.3) is 0 Å². The molecule has 0 radical (unpaired) electrons. The number of nitrogens with one attached hydrogen (secondary N) is 1. The fourth-order valence-corrected chi connectivity index (χ4v) is 2.78. The number of pyridine rings is 2. The van der Waals surface area contributed by atoms with Crippen LogP contribution in [0.4, 0.5) is 0 Å². The van der Waals surface area contributed by atoms with Gasteiger partial charge in [0.2, 0.25) is 0 Å². The number of hydrogen-bond donors (Lipinski definition) is 1. The number of hydrazone groups is 1. The number of halogens is 2. The lowest BCUT2D eigenvalue weighted by molar-refractivity contribution is -0.486. The summed E-state index contributed by atoms with van der Waals surface area (Å²) in [6.07, 6.45) is 3.27. The highest BCUT2D eigenvalue weighted by molar-refractivity contribution is 6.29. The lowest BCUT2D eigenvalue weighted by Crippen LogP contribution is -2.56. The molecule has 1 fully saturated rings. The first-order valence-corrected chi connectivity index (χ1v) is 8.41. The molecule has 0 atom stereocenters. The summed E-state index contributed by atoms with van der Waals surface area (Å²) in [6, 6.07) is 6.99. The van der Waals surface area contributed by atoms with Gasteiger partial charge in [0.15, 0.2) is 5.03 Å². The van der Waals surface area contributed by atoms with Gasteiger partial charge in [0, 0.05) is 25.5 Å². The zero-order chi connectivity index (χ0) is 18.5. The Morgan fingerprint density at radius 2 is 1.54 bits per heavy atom. The maximum Gasteiger partial charge on any atom is 0.276 e. The summed E-state index contributed by atoms with van der Waals surface area (Å²) >= 11 is 11.6. The molecule has 1 N–H and O–H groups in total. The van der Waals surface area contributed by atoms with Crippen molar-refractivity contribution >= 4 is 29.2 Å². The van der Waals surface area contributed by atoms with Crippen molar-refractivity contribution in [1.29, 1.82) is 0 Å². The third-order valence-electron chi connectivity index (χ3n) is 3.67. The molecule has 0 unspecified atom stereocenters. The molecule has 3 heterocycles. The van der Waals surface area contributed by atoms with E-state index < -0.39 is 5.03 Å². The van der Waals surface area contributed by atoms with Crippen molar-refractivity contribution in [1.82, 2.24) is 25.1 Å². The fourth-order valence-electron chi connectivity index (χ4n) is 2.55. The molecule has 1 aliphatic rings. The summed E-state index contributed by atoms with van der Waals surface area (Å²) in [7, 11) is 0. The number of hydrogen-bond acceptors (Lipinski definition) is 5. The fraction of sp³-hybridized carbons (Fsp3) is 0.267. The molecule has 1 saturated heterocycles. The van der Waals surface area contributed by atoms with Crippen molar-refractivity contribution in [2.24, 2.45) is 5.10 Å². The Hall–Kier alpha value is -2.49. The second-order valence-electron chi connectivity index (χ2n) is 5.58. The van der Waals surface area contributed by atoms with E-state index >= 15 is 0 Å².